The minimum Gasteiger partial charge on any atom is -0.306 e. The maximum atomic E-state index is 12.5. The van der Waals surface area contributed by atoms with Crippen molar-refractivity contribution in [2.75, 3.05) is 13.1 Å². The fourth-order valence-corrected chi connectivity index (χ4v) is 3.67. The highest BCUT2D eigenvalue weighted by Gasteiger charge is 2.23. The van der Waals surface area contributed by atoms with Crippen molar-refractivity contribution in [2.45, 2.75) is 32.2 Å². The zero-order valence-electron chi connectivity index (χ0n) is 13.7. The molecule has 1 unspecified atom stereocenters. The lowest BCUT2D eigenvalue weighted by Crippen LogP contribution is -2.38. The van der Waals surface area contributed by atoms with Crippen LogP contribution >= 0.6 is 0 Å². The Bertz CT molecular complexity index is 797. The van der Waals surface area contributed by atoms with Crippen LogP contribution in [0.2, 0.25) is 0 Å². The topological polar surface area (TPSA) is 61.9 Å². The normalized spacial score (nSPS) is 20.8. The smallest absolute Gasteiger partial charge is 0.255 e. The van der Waals surface area contributed by atoms with Gasteiger partial charge in [0.2, 0.25) is 0 Å². The van der Waals surface area contributed by atoms with Gasteiger partial charge in [0.1, 0.15) is 5.82 Å². The van der Waals surface area contributed by atoms with Gasteiger partial charge in [0.25, 0.3) is 5.56 Å². The van der Waals surface area contributed by atoms with Crippen LogP contribution in [0.15, 0.2) is 41.5 Å². The molecule has 0 saturated carbocycles. The van der Waals surface area contributed by atoms with Gasteiger partial charge in [-0.1, -0.05) is 12.2 Å². The van der Waals surface area contributed by atoms with Gasteiger partial charge >= 0.3 is 0 Å². The van der Waals surface area contributed by atoms with Crippen molar-refractivity contribution in [1.82, 2.24) is 19.9 Å². The molecule has 0 saturated heterocycles. The fraction of sp³-hybridized carbons (Fsp3) is 0.421. The van der Waals surface area contributed by atoms with E-state index in [0.29, 0.717) is 12.4 Å². The number of fused-ring (bicyclic) bond motifs is 1. The maximum Gasteiger partial charge on any atom is 0.255 e. The van der Waals surface area contributed by atoms with Crippen LogP contribution in [-0.2, 0) is 13.0 Å². The van der Waals surface area contributed by atoms with Gasteiger partial charge < -0.3 is 4.98 Å². The second kappa shape index (κ2) is 6.69. The molecule has 0 amide bonds. The summed E-state index contributed by atoms with van der Waals surface area (Å²) in [5, 5.41) is 0. The number of aromatic amines is 1. The Morgan fingerprint density at radius 3 is 2.92 bits per heavy atom. The quantitative estimate of drug-likeness (QED) is 0.882. The van der Waals surface area contributed by atoms with E-state index in [2.05, 4.69) is 27.0 Å². The summed E-state index contributed by atoms with van der Waals surface area (Å²) < 4.78 is 0. The number of rotatable bonds is 3. The highest BCUT2D eigenvalue weighted by Crippen LogP contribution is 2.23. The first-order valence-electron chi connectivity index (χ1n) is 8.69. The summed E-state index contributed by atoms with van der Waals surface area (Å²) in [6.45, 7) is 2.78. The fourth-order valence-electron chi connectivity index (χ4n) is 3.67. The van der Waals surface area contributed by atoms with E-state index >= 15 is 0 Å². The summed E-state index contributed by atoms with van der Waals surface area (Å²) in [6, 6.07) is 3.74. The van der Waals surface area contributed by atoms with Gasteiger partial charge in [0.15, 0.2) is 0 Å². The molecule has 2 aromatic heterocycles. The Kier molecular flexibility index (Phi) is 4.26. The Morgan fingerprint density at radius 1 is 1.25 bits per heavy atom. The first kappa shape index (κ1) is 15.3. The van der Waals surface area contributed by atoms with Gasteiger partial charge in [-0.2, -0.15) is 0 Å². The van der Waals surface area contributed by atoms with Crippen molar-refractivity contribution < 1.29 is 0 Å². The zero-order valence-corrected chi connectivity index (χ0v) is 13.7. The van der Waals surface area contributed by atoms with Crippen molar-refractivity contribution in [2.24, 2.45) is 5.92 Å². The third-order valence-corrected chi connectivity index (χ3v) is 5.00. The summed E-state index contributed by atoms with van der Waals surface area (Å²) in [4.78, 5) is 26.6. The lowest BCUT2D eigenvalue weighted by Gasteiger charge is -2.31. The highest BCUT2D eigenvalue weighted by molar-refractivity contribution is 5.54. The maximum absolute atomic E-state index is 12.5. The second-order valence-electron chi connectivity index (χ2n) is 6.71. The van der Waals surface area contributed by atoms with Crippen LogP contribution in [0, 0.1) is 5.92 Å². The molecule has 2 aromatic rings. The lowest BCUT2D eigenvalue weighted by atomic mass is 9.93. The summed E-state index contributed by atoms with van der Waals surface area (Å²) in [6.07, 6.45) is 12.5. The van der Waals surface area contributed by atoms with E-state index in [4.69, 9.17) is 4.98 Å². The number of nitrogens with one attached hydrogen (secondary N) is 1. The van der Waals surface area contributed by atoms with Gasteiger partial charge in [-0.25, -0.2) is 4.98 Å². The van der Waals surface area contributed by atoms with Crippen molar-refractivity contribution in [3.8, 4) is 11.4 Å². The lowest BCUT2D eigenvalue weighted by molar-refractivity contribution is 0.204. The largest absolute Gasteiger partial charge is 0.306 e. The first-order chi connectivity index (χ1) is 11.8. The Labute approximate surface area is 141 Å². The van der Waals surface area contributed by atoms with Gasteiger partial charge in [-0.15, -0.1) is 0 Å². The molecule has 5 nitrogen and oxygen atoms in total. The van der Waals surface area contributed by atoms with E-state index in [0.717, 1.165) is 42.2 Å². The minimum atomic E-state index is 0.0000484. The number of aromatic nitrogens is 3. The summed E-state index contributed by atoms with van der Waals surface area (Å²) in [7, 11) is 0. The van der Waals surface area contributed by atoms with Crippen LogP contribution in [0.3, 0.4) is 0 Å². The van der Waals surface area contributed by atoms with Crippen molar-refractivity contribution >= 4 is 0 Å². The number of pyridine rings is 1. The first-order valence-corrected chi connectivity index (χ1v) is 8.69. The monoisotopic (exact) mass is 322 g/mol. The molecule has 1 atom stereocenters. The molecule has 4 rings (SSSR count). The van der Waals surface area contributed by atoms with Gasteiger partial charge in [-0.3, -0.25) is 14.7 Å². The molecule has 1 aliphatic carbocycles. The van der Waals surface area contributed by atoms with E-state index in [1.54, 1.807) is 12.4 Å². The Morgan fingerprint density at radius 2 is 2.12 bits per heavy atom. The van der Waals surface area contributed by atoms with Crippen LogP contribution in [0.5, 0.6) is 0 Å². The van der Waals surface area contributed by atoms with E-state index in [1.807, 2.05) is 12.1 Å². The van der Waals surface area contributed by atoms with Gasteiger partial charge in [0, 0.05) is 44.0 Å². The molecule has 24 heavy (non-hydrogen) atoms. The SMILES string of the molecule is O=c1[nH]c(-c2ccncc2)nc2c1CN(CC1CC=CCC1)CC2. The molecular weight excluding hydrogens is 300 g/mol. The molecule has 0 aromatic carbocycles. The second-order valence-corrected chi connectivity index (χ2v) is 6.71. The van der Waals surface area contributed by atoms with Crippen molar-refractivity contribution in [1.29, 1.82) is 0 Å². The van der Waals surface area contributed by atoms with Crippen LogP contribution in [0.4, 0.5) is 0 Å². The molecule has 0 bridgehead atoms. The molecular formula is C19H22N4O. The minimum absolute atomic E-state index is 0.0000484. The van der Waals surface area contributed by atoms with Crippen molar-refractivity contribution in [3.05, 3.63) is 58.3 Å². The van der Waals surface area contributed by atoms with Crippen LogP contribution in [0.25, 0.3) is 11.4 Å². The van der Waals surface area contributed by atoms with Crippen LogP contribution in [0.1, 0.15) is 30.5 Å². The Hall–Kier alpha value is -2.27. The van der Waals surface area contributed by atoms with Gasteiger partial charge in [0.05, 0.1) is 11.3 Å². The van der Waals surface area contributed by atoms with Crippen LogP contribution in [-0.4, -0.2) is 32.9 Å². The molecule has 0 radical (unpaired) electrons. The molecule has 1 N–H and O–H groups in total. The standard InChI is InChI=1S/C19H22N4O/c24-19-16-13-23(12-14-4-2-1-3-5-14)11-8-17(16)21-18(22-19)15-6-9-20-10-7-15/h1-2,6-7,9-10,14H,3-5,8,11-13H2,(H,21,22,24). The predicted molar refractivity (Wildman–Crippen MR) is 93.6 cm³/mol. The summed E-state index contributed by atoms with van der Waals surface area (Å²) >= 11 is 0. The van der Waals surface area contributed by atoms with E-state index in [9.17, 15) is 4.79 Å². The van der Waals surface area contributed by atoms with Crippen molar-refractivity contribution in [3.63, 3.8) is 0 Å². The predicted octanol–water partition coefficient (Wildman–Crippen LogP) is 2.55. The number of allylic oxidation sites excluding steroid dienone is 2. The van der Waals surface area contributed by atoms with E-state index < -0.39 is 0 Å². The molecule has 124 valence electrons. The third-order valence-electron chi connectivity index (χ3n) is 5.00. The number of hydrogen-bond donors (Lipinski definition) is 1. The number of H-pyrrole nitrogens is 1. The molecule has 2 aliphatic rings. The number of nitrogens with zero attached hydrogens (tertiary/aromatic N) is 3. The molecule has 0 spiro atoms. The molecule has 5 heteroatoms. The van der Waals surface area contributed by atoms with Gasteiger partial charge in [-0.05, 0) is 37.3 Å². The molecule has 0 fully saturated rings. The Balaban J connectivity index is 1.54. The van der Waals surface area contributed by atoms with E-state index in [1.165, 1.54) is 19.3 Å². The summed E-state index contributed by atoms with van der Waals surface area (Å²) in [5.41, 5.74) is 2.69. The van der Waals surface area contributed by atoms with Crippen LogP contribution < -0.4 is 5.56 Å². The van der Waals surface area contributed by atoms with E-state index in [-0.39, 0.29) is 5.56 Å². The summed E-state index contributed by atoms with van der Waals surface area (Å²) in [5.74, 6) is 1.37. The molecule has 3 heterocycles. The zero-order chi connectivity index (χ0) is 16.4. The average Bonchev–Trinajstić information content (AvgIpc) is 2.64. The highest BCUT2D eigenvalue weighted by atomic mass is 16.1. The average molecular weight is 322 g/mol. The third kappa shape index (κ3) is 3.17. The molecule has 1 aliphatic heterocycles. The number of hydrogen-bond acceptors (Lipinski definition) is 4.